The Labute approximate surface area is 87.1 Å². The molecule has 0 spiro atoms. The van der Waals surface area contributed by atoms with Crippen LogP contribution in [0.15, 0.2) is 18.2 Å². The first-order valence-electron chi connectivity index (χ1n) is 4.29. The Hall–Kier alpha value is -1.75. The molecular weight excluding hydrogens is 200 g/mol. The quantitative estimate of drug-likeness (QED) is 0.466. The first-order chi connectivity index (χ1) is 7.17. The molecule has 0 aliphatic carbocycles. The maximum absolute atomic E-state index is 10.6. The summed E-state index contributed by atoms with van der Waals surface area (Å²) in [5.41, 5.74) is 0.753. The summed E-state index contributed by atoms with van der Waals surface area (Å²) in [6, 6.07) is 4.81. The van der Waals surface area contributed by atoms with Gasteiger partial charge in [0.1, 0.15) is 6.61 Å². The van der Waals surface area contributed by atoms with Crippen LogP contribution in [0, 0.1) is 0 Å². The van der Waals surface area contributed by atoms with Gasteiger partial charge in [0, 0.05) is 6.92 Å². The fourth-order valence-corrected chi connectivity index (χ4v) is 1.06. The van der Waals surface area contributed by atoms with Gasteiger partial charge in [-0.1, -0.05) is 6.07 Å². The van der Waals surface area contributed by atoms with Crippen molar-refractivity contribution in [2.75, 3.05) is 7.11 Å². The van der Waals surface area contributed by atoms with E-state index in [1.54, 1.807) is 12.1 Å². The zero-order chi connectivity index (χ0) is 11.3. The number of hydrogen-bond donors (Lipinski definition) is 1. The summed E-state index contributed by atoms with van der Waals surface area (Å²) in [4.78, 5) is 14.7. The molecule has 5 heteroatoms. The van der Waals surface area contributed by atoms with Crippen LogP contribution in [0.5, 0.6) is 11.5 Å². The average Bonchev–Trinajstić information content (AvgIpc) is 2.25. The number of methoxy groups -OCH3 is 1. The summed E-state index contributed by atoms with van der Waals surface area (Å²) < 4.78 is 9.76. The largest absolute Gasteiger partial charge is 0.493 e. The van der Waals surface area contributed by atoms with E-state index in [-0.39, 0.29) is 18.3 Å². The van der Waals surface area contributed by atoms with E-state index >= 15 is 0 Å². The fourth-order valence-electron chi connectivity index (χ4n) is 1.06. The molecule has 1 N–H and O–H groups in total. The van der Waals surface area contributed by atoms with E-state index < -0.39 is 0 Å². The second-order valence-electron chi connectivity index (χ2n) is 2.86. The lowest BCUT2D eigenvalue weighted by molar-refractivity contribution is -0.142. The highest BCUT2D eigenvalue weighted by atomic mass is 17.1. The topological polar surface area (TPSA) is 65.0 Å². The standard InChI is InChI=1S/C10H12O5/c1-7(11)14-6-8-3-4-9(15-12)10(5-8)13-2/h3-5,12H,6H2,1-2H3. The second-order valence-corrected chi connectivity index (χ2v) is 2.86. The van der Waals surface area contributed by atoms with Crippen molar-refractivity contribution in [1.29, 1.82) is 0 Å². The molecule has 0 aliphatic heterocycles. The molecule has 1 aromatic carbocycles. The molecule has 5 nitrogen and oxygen atoms in total. The Bertz CT molecular complexity index is 348. The van der Waals surface area contributed by atoms with Crippen LogP contribution in [0.4, 0.5) is 0 Å². The zero-order valence-corrected chi connectivity index (χ0v) is 8.52. The van der Waals surface area contributed by atoms with Gasteiger partial charge < -0.3 is 14.4 Å². The Balaban J connectivity index is 2.78. The Morgan fingerprint density at radius 3 is 2.67 bits per heavy atom. The first-order valence-corrected chi connectivity index (χ1v) is 4.29. The number of hydrogen-bond acceptors (Lipinski definition) is 5. The molecule has 0 aromatic heterocycles. The van der Waals surface area contributed by atoms with Crippen LogP contribution >= 0.6 is 0 Å². The van der Waals surface area contributed by atoms with Gasteiger partial charge in [-0.25, -0.2) is 5.26 Å². The van der Waals surface area contributed by atoms with E-state index in [1.165, 1.54) is 20.1 Å². The van der Waals surface area contributed by atoms with Gasteiger partial charge in [-0.05, 0) is 17.7 Å². The van der Waals surface area contributed by atoms with Gasteiger partial charge in [0.2, 0.25) is 5.75 Å². The number of ether oxygens (including phenoxy) is 2. The normalized spacial score (nSPS) is 9.53. The molecule has 0 saturated carbocycles. The Morgan fingerprint density at radius 1 is 1.40 bits per heavy atom. The van der Waals surface area contributed by atoms with E-state index in [4.69, 9.17) is 14.7 Å². The third kappa shape index (κ3) is 3.14. The molecule has 1 aromatic rings. The van der Waals surface area contributed by atoms with E-state index in [0.29, 0.717) is 5.75 Å². The van der Waals surface area contributed by atoms with Crippen molar-refractivity contribution >= 4 is 5.97 Å². The van der Waals surface area contributed by atoms with Gasteiger partial charge in [-0.2, -0.15) is 0 Å². The van der Waals surface area contributed by atoms with Crippen LogP contribution in [-0.4, -0.2) is 18.3 Å². The SMILES string of the molecule is COc1cc(COC(C)=O)ccc1OO. The fraction of sp³-hybridized carbons (Fsp3) is 0.300. The molecule has 0 radical (unpaired) electrons. The van der Waals surface area contributed by atoms with E-state index in [0.717, 1.165) is 5.56 Å². The van der Waals surface area contributed by atoms with Crippen LogP contribution in [0.25, 0.3) is 0 Å². The molecule has 0 heterocycles. The minimum absolute atomic E-state index is 0.164. The molecule has 82 valence electrons. The lowest BCUT2D eigenvalue weighted by atomic mass is 10.2. The zero-order valence-electron chi connectivity index (χ0n) is 8.52. The van der Waals surface area contributed by atoms with Crippen LogP contribution in [-0.2, 0) is 16.1 Å². The van der Waals surface area contributed by atoms with E-state index in [9.17, 15) is 4.79 Å². The minimum Gasteiger partial charge on any atom is -0.493 e. The highest BCUT2D eigenvalue weighted by Gasteiger charge is 2.06. The smallest absolute Gasteiger partial charge is 0.302 e. The van der Waals surface area contributed by atoms with Gasteiger partial charge in [-0.3, -0.25) is 4.79 Å². The maximum atomic E-state index is 10.6. The monoisotopic (exact) mass is 212 g/mol. The van der Waals surface area contributed by atoms with Gasteiger partial charge in [-0.15, -0.1) is 0 Å². The lowest BCUT2D eigenvalue weighted by Gasteiger charge is -2.07. The summed E-state index contributed by atoms with van der Waals surface area (Å²) in [5, 5.41) is 8.49. The lowest BCUT2D eigenvalue weighted by Crippen LogP contribution is -1.99. The summed E-state index contributed by atoms with van der Waals surface area (Å²) in [7, 11) is 1.45. The number of carbonyl (C=O) groups excluding carboxylic acids is 1. The number of rotatable bonds is 4. The highest BCUT2D eigenvalue weighted by molar-refractivity contribution is 5.65. The van der Waals surface area contributed by atoms with Crippen molar-refractivity contribution in [1.82, 2.24) is 0 Å². The summed E-state index contributed by atoms with van der Waals surface area (Å²) in [5.74, 6) is 0.239. The molecule has 15 heavy (non-hydrogen) atoms. The Kier molecular flexibility index (Phi) is 3.93. The van der Waals surface area contributed by atoms with E-state index in [1.807, 2.05) is 0 Å². The van der Waals surface area contributed by atoms with Crippen molar-refractivity contribution in [2.45, 2.75) is 13.5 Å². The van der Waals surface area contributed by atoms with Gasteiger partial charge >= 0.3 is 5.97 Å². The van der Waals surface area contributed by atoms with Gasteiger partial charge in [0.25, 0.3) is 0 Å². The van der Waals surface area contributed by atoms with Crippen molar-refractivity contribution in [3.05, 3.63) is 23.8 Å². The number of benzene rings is 1. The van der Waals surface area contributed by atoms with Crippen molar-refractivity contribution in [3.8, 4) is 11.5 Å². The second kappa shape index (κ2) is 5.21. The van der Waals surface area contributed by atoms with Crippen molar-refractivity contribution in [2.24, 2.45) is 0 Å². The number of esters is 1. The Morgan fingerprint density at radius 2 is 2.13 bits per heavy atom. The van der Waals surface area contributed by atoms with Crippen LogP contribution in [0.1, 0.15) is 12.5 Å². The van der Waals surface area contributed by atoms with Gasteiger partial charge in [0.05, 0.1) is 7.11 Å². The molecule has 0 aliphatic rings. The summed E-state index contributed by atoms with van der Waals surface area (Å²) in [6.07, 6.45) is 0. The molecule has 0 fully saturated rings. The molecule has 1 rings (SSSR count). The molecule has 0 amide bonds. The molecule has 0 saturated heterocycles. The molecular formula is C10H12O5. The van der Waals surface area contributed by atoms with Crippen LogP contribution in [0.3, 0.4) is 0 Å². The summed E-state index contributed by atoms with van der Waals surface area (Å²) >= 11 is 0. The first kappa shape index (κ1) is 11.3. The molecule has 0 atom stereocenters. The number of carbonyl (C=O) groups is 1. The van der Waals surface area contributed by atoms with Gasteiger partial charge in [0.15, 0.2) is 5.75 Å². The average molecular weight is 212 g/mol. The molecule has 0 unspecified atom stereocenters. The van der Waals surface area contributed by atoms with Crippen molar-refractivity contribution in [3.63, 3.8) is 0 Å². The minimum atomic E-state index is -0.351. The predicted octanol–water partition coefficient (Wildman–Crippen LogP) is 1.61. The molecule has 0 bridgehead atoms. The third-order valence-electron chi connectivity index (χ3n) is 1.77. The highest BCUT2D eigenvalue weighted by Crippen LogP contribution is 2.27. The van der Waals surface area contributed by atoms with Crippen molar-refractivity contribution < 1.29 is 24.4 Å². The predicted molar refractivity (Wildman–Crippen MR) is 51.7 cm³/mol. The summed E-state index contributed by atoms with van der Waals surface area (Å²) in [6.45, 7) is 1.50. The maximum Gasteiger partial charge on any atom is 0.302 e. The van der Waals surface area contributed by atoms with E-state index in [2.05, 4.69) is 4.89 Å². The van der Waals surface area contributed by atoms with Crippen LogP contribution in [0.2, 0.25) is 0 Å². The van der Waals surface area contributed by atoms with Crippen LogP contribution < -0.4 is 9.62 Å². The third-order valence-corrected chi connectivity index (χ3v) is 1.77.